The van der Waals surface area contributed by atoms with E-state index in [0.29, 0.717) is 11.6 Å². The van der Waals surface area contributed by atoms with E-state index in [1.807, 2.05) is 37.3 Å². The third-order valence-electron chi connectivity index (χ3n) is 5.70. The van der Waals surface area contributed by atoms with Crippen molar-refractivity contribution in [2.45, 2.75) is 56.4 Å². The first-order valence-corrected chi connectivity index (χ1v) is 11.4. The lowest BCUT2D eigenvalue weighted by Gasteiger charge is -2.21. The summed E-state index contributed by atoms with van der Waals surface area (Å²) in [5.74, 6) is 1.04. The average Bonchev–Trinajstić information content (AvgIpc) is 3.05. The maximum Gasteiger partial charge on any atom is 0.274 e. The van der Waals surface area contributed by atoms with Gasteiger partial charge in [0.25, 0.3) is 5.56 Å². The van der Waals surface area contributed by atoms with Gasteiger partial charge in [-0.3, -0.25) is 4.79 Å². The summed E-state index contributed by atoms with van der Waals surface area (Å²) in [6.45, 7) is 2.18. The molecule has 28 heavy (non-hydrogen) atoms. The normalized spacial score (nSPS) is 15.6. The molecule has 0 spiro atoms. The van der Waals surface area contributed by atoms with Crippen LogP contribution >= 0.6 is 11.8 Å². The van der Waals surface area contributed by atoms with E-state index in [2.05, 4.69) is 35.4 Å². The largest absolute Gasteiger partial charge is 0.382 e. The molecule has 1 aliphatic carbocycles. The zero-order valence-electron chi connectivity index (χ0n) is 16.8. The van der Waals surface area contributed by atoms with Crippen LogP contribution in [0.25, 0.3) is 22.0 Å². The third-order valence-corrected chi connectivity index (χ3v) is 6.58. The monoisotopic (exact) mass is 395 g/mol. The molecule has 4 rings (SSSR count). The topological polar surface area (TPSA) is 49.8 Å². The predicted octanol–water partition coefficient (Wildman–Crippen LogP) is 5.78. The smallest absolute Gasteiger partial charge is 0.274 e. The summed E-state index contributed by atoms with van der Waals surface area (Å²) >= 11 is 1.85. The van der Waals surface area contributed by atoms with Crippen LogP contribution in [0.3, 0.4) is 0 Å². The number of pyridine rings is 1. The molecule has 2 N–H and O–H groups in total. The van der Waals surface area contributed by atoms with Crippen LogP contribution in [0.1, 0.15) is 45.4 Å². The van der Waals surface area contributed by atoms with Crippen molar-refractivity contribution in [3.8, 4) is 11.1 Å². The highest BCUT2D eigenvalue weighted by molar-refractivity contribution is 7.99. The predicted molar refractivity (Wildman–Crippen MR) is 120 cm³/mol. The number of hydrogen-bond donors (Lipinski definition) is 2. The van der Waals surface area contributed by atoms with Crippen LogP contribution in [0.4, 0.5) is 5.69 Å². The molecule has 0 amide bonds. The summed E-state index contributed by atoms with van der Waals surface area (Å²) in [5, 5.41) is 4.83. The summed E-state index contributed by atoms with van der Waals surface area (Å²) < 4.78 is 1.68. The molecule has 0 saturated heterocycles. The highest BCUT2D eigenvalue weighted by atomic mass is 32.2. The van der Waals surface area contributed by atoms with Gasteiger partial charge in [-0.2, -0.15) is 0 Å². The van der Waals surface area contributed by atoms with Crippen molar-refractivity contribution in [1.29, 1.82) is 0 Å². The van der Waals surface area contributed by atoms with Gasteiger partial charge in [0.1, 0.15) is 5.52 Å². The Morgan fingerprint density at radius 3 is 2.68 bits per heavy atom. The number of hydrogen-bond acceptors (Lipinski definition) is 3. The molecule has 0 radical (unpaired) electrons. The van der Waals surface area contributed by atoms with Gasteiger partial charge < -0.3 is 14.9 Å². The first kappa shape index (κ1) is 19.2. The molecule has 0 unspecified atom stereocenters. The molecule has 0 atom stereocenters. The lowest BCUT2D eigenvalue weighted by atomic mass is 10.0. The second-order valence-corrected chi connectivity index (χ2v) is 9.04. The summed E-state index contributed by atoms with van der Waals surface area (Å²) in [4.78, 5) is 16.9. The Balaban J connectivity index is 1.82. The number of aryl methyl sites for hydroxylation is 1. The van der Waals surface area contributed by atoms with Gasteiger partial charge in [-0.05, 0) is 42.9 Å². The van der Waals surface area contributed by atoms with Crippen LogP contribution in [-0.2, 0) is 7.05 Å². The van der Waals surface area contributed by atoms with Gasteiger partial charge in [0.15, 0.2) is 0 Å². The number of aromatic amines is 1. The molecule has 4 nitrogen and oxygen atoms in total. The quantitative estimate of drug-likeness (QED) is 0.425. The minimum absolute atomic E-state index is 0.0149. The summed E-state index contributed by atoms with van der Waals surface area (Å²) in [7, 11) is 1.83. The van der Waals surface area contributed by atoms with Crippen molar-refractivity contribution in [2.24, 2.45) is 7.05 Å². The Morgan fingerprint density at radius 2 is 1.93 bits per heavy atom. The first-order valence-electron chi connectivity index (χ1n) is 10.4. The zero-order valence-corrected chi connectivity index (χ0v) is 17.6. The van der Waals surface area contributed by atoms with Crippen molar-refractivity contribution < 1.29 is 0 Å². The van der Waals surface area contributed by atoms with E-state index in [4.69, 9.17) is 0 Å². The number of rotatable bonds is 5. The van der Waals surface area contributed by atoms with E-state index in [1.165, 1.54) is 54.7 Å². The van der Waals surface area contributed by atoms with Crippen molar-refractivity contribution in [2.75, 3.05) is 11.1 Å². The first-order chi connectivity index (χ1) is 13.7. The van der Waals surface area contributed by atoms with Gasteiger partial charge in [-0.1, -0.05) is 32.6 Å². The molecule has 0 bridgehead atoms. The highest BCUT2D eigenvalue weighted by Crippen LogP contribution is 2.36. The van der Waals surface area contributed by atoms with Crippen LogP contribution in [0.15, 0.2) is 46.3 Å². The SMILES string of the molecule is CCSc1ccc(NC2CCCCCC2)c(-c2cn(C)c(=O)c3[nH]ccc23)c1. The zero-order chi connectivity index (χ0) is 19.5. The number of nitrogens with one attached hydrogen (secondary N) is 2. The van der Waals surface area contributed by atoms with E-state index < -0.39 is 0 Å². The van der Waals surface area contributed by atoms with Gasteiger partial charge in [0.2, 0.25) is 0 Å². The molecule has 2 aromatic heterocycles. The number of H-pyrrole nitrogens is 1. The minimum Gasteiger partial charge on any atom is -0.382 e. The van der Waals surface area contributed by atoms with Crippen molar-refractivity contribution in [3.05, 3.63) is 47.0 Å². The maximum absolute atomic E-state index is 12.5. The van der Waals surface area contributed by atoms with Gasteiger partial charge in [-0.15, -0.1) is 11.8 Å². The summed E-state index contributed by atoms with van der Waals surface area (Å²) in [6.07, 6.45) is 11.6. The van der Waals surface area contributed by atoms with Gasteiger partial charge >= 0.3 is 0 Å². The lowest BCUT2D eigenvalue weighted by Crippen LogP contribution is -2.19. The van der Waals surface area contributed by atoms with Crippen LogP contribution in [-0.4, -0.2) is 21.3 Å². The van der Waals surface area contributed by atoms with E-state index in [0.717, 1.165) is 16.7 Å². The molecule has 1 aromatic carbocycles. The fourth-order valence-corrected chi connectivity index (χ4v) is 4.95. The average molecular weight is 396 g/mol. The second kappa shape index (κ2) is 8.48. The fourth-order valence-electron chi connectivity index (χ4n) is 4.26. The highest BCUT2D eigenvalue weighted by Gasteiger charge is 2.17. The Morgan fingerprint density at radius 1 is 1.14 bits per heavy atom. The van der Waals surface area contributed by atoms with Gasteiger partial charge in [0.05, 0.1) is 0 Å². The van der Waals surface area contributed by atoms with Crippen LogP contribution in [0.5, 0.6) is 0 Å². The van der Waals surface area contributed by atoms with E-state index in [9.17, 15) is 4.79 Å². The number of anilines is 1. The Hall–Kier alpha value is -2.14. The van der Waals surface area contributed by atoms with Gasteiger partial charge in [0, 0.05) is 52.6 Å². The molecule has 5 heteroatoms. The van der Waals surface area contributed by atoms with Crippen molar-refractivity contribution >= 4 is 28.4 Å². The van der Waals surface area contributed by atoms with E-state index in [-0.39, 0.29) is 5.56 Å². The number of nitrogens with zero attached hydrogens (tertiary/aromatic N) is 1. The van der Waals surface area contributed by atoms with E-state index in [1.54, 1.807) is 4.57 Å². The Labute approximate surface area is 170 Å². The molecule has 148 valence electrons. The molecule has 1 fully saturated rings. The van der Waals surface area contributed by atoms with Crippen molar-refractivity contribution in [3.63, 3.8) is 0 Å². The fraction of sp³-hybridized carbons (Fsp3) is 0.435. The standard InChI is InChI=1S/C23H29N3OS/c1-3-28-17-10-11-21(25-16-8-6-4-5-7-9-16)19(14-17)20-15-26(2)23(27)22-18(20)12-13-24-22/h10-16,24-25H,3-9H2,1-2H3. The molecule has 1 saturated carbocycles. The Bertz CT molecular complexity index is 1010. The number of fused-ring (bicyclic) bond motifs is 1. The number of thioether (sulfide) groups is 1. The van der Waals surface area contributed by atoms with Crippen molar-refractivity contribution in [1.82, 2.24) is 9.55 Å². The number of benzene rings is 1. The Kier molecular flexibility index (Phi) is 5.81. The third kappa shape index (κ3) is 3.86. The number of aromatic nitrogens is 2. The maximum atomic E-state index is 12.5. The second-order valence-electron chi connectivity index (χ2n) is 7.70. The summed E-state index contributed by atoms with van der Waals surface area (Å²) in [6, 6.07) is 9.26. The molecule has 1 aliphatic rings. The van der Waals surface area contributed by atoms with E-state index >= 15 is 0 Å². The molecule has 3 aromatic rings. The molecular formula is C23H29N3OS. The van der Waals surface area contributed by atoms with Crippen LogP contribution < -0.4 is 10.9 Å². The molecule has 0 aliphatic heterocycles. The van der Waals surface area contributed by atoms with Crippen LogP contribution in [0.2, 0.25) is 0 Å². The molecule has 2 heterocycles. The van der Waals surface area contributed by atoms with Gasteiger partial charge in [-0.25, -0.2) is 0 Å². The van der Waals surface area contributed by atoms with Crippen LogP contribution in [0, 0.1) is 0 Å². The minimum atomic E-state index is 0.0149. The lowest BCUT2D eigenvalue weighted by molar-refractivity contribution is 0.620. The molecular weight excluding hydrogens is 366 g/mol. The summed E-state index contributed by atoms with van der Waals surface area (Å²) in [5.41, 5.74) is 4.15.